The predicted molar refractivity (Wildman–Crippen MR) is 137 cm³/mol. The van der Waals surface area contributed by atoms with Crippen LogP contribution in [0.25, 0.3) is 0 Å². The summed E-state index contributed by atoms with van der Waals surface area (Å²) in [5, 5.41) is 2.88. The summed E-state index contributed by atoms with van der Waals surface area (Å²) in [6, 6.07) is 12.5. The summed E-state index contributed by atoms with van der Waals surface area (Å²) < 4.78 is 26.5. The number of hydrogen-bond acceptors (Lipinski definition) is 4. The van der Waals surface area contributed by atoms with Gasteiger partial charge in [0, 0.05) is 13.1 Å². The van der Waals surface area contributed by atoms with Gasteiger partial charge in [-0.05, 0) is 56.9 Å². The van der Waals surface area contributed by atoms with E-state index < -0.39 is 22.0 Å². The smallest absolute Gasteiger partial charge is 0.244 e. The molecule has 0 spiro atoms. The molecule has 0 heterocycles. The van der Waals surface area contributed by atoms with Crippen LogP contribution in [0, 0.1) is 20.8 Å². The Morgan fingerprint density at radius 3 is 2.21 bits per heavy atom. The molecule has 0 saturated carbocycles. The van der Waals surface area contributed by atoms with Crippen molar-refractivity contribution in [2.75, 3.05) is 23.7 Å². The lowest BCUT2D eigenvalue weighted by Crippen LogP contribution is -2.51. The number of nitrogens with one attached hydrogen (secondary N) is 1. The molecular formula is C26H37N3O4S. The van der Waals surface area contributed by atoms with E-state index in [0.29, 0.717) is 12.2 Å². The first-order chi connectivity index (χ1) is 15.9. The van der Waals surface area contributed by atoms with E-state index in [4.69, 9.17) is 0 Å². The number of carbonyl (C=O) groups excluding carboxylic acids is 2. The molecule has 2 aromatic carbocycles. The van der Waals surface area contributed by atoms with E-state index in [1.54, 1.807) is 13.0 Å². The second kappa shape index (κ2) is 12.0. The van der Waals surface area contributed by atoms with Gasteiger partial charge in [-0.1, -0.05) is 55.3 Å². The summed E-state index contributed by atoms with van der Waals surface area (Å²) in [6.45, 7) is 9.72. The molecule has 1 N–H and O–H groups in total. The molecule has 0 radical (unpaired) electrons. The fourth-order valence-electron chi connectivity index (χ4n) is 3.59. The van der Waals surface area contributed by atoms with E-state index in [-0.39, 0.29) is 19.0 Å². The van der Waals surface area contributed by atoms with E-state index >= 15 is 0 Å². The Morgan fingerprint density at radius 2 is 1.62 bits per heavy atom. The van der Waals surface area contributed by atoms with Gasteiger partial charge in [0.1, 0.15) is 12.6 Å². The van der Waals surface area contributed by atoms with Crippen molar-refractivity contribution >= 4 is 27.5 Å². The third kappa shape index (κ3) is 7.58. The second-order valence-electron chi connectivity index (χ2n) is 8.89. The van der Waals surface area contributed by atoms with Crippen molar-refractivity contribution in [3.63, 3.8) is 0 Å². The Kier molecular flexibility index (Phi) is 9.67. The summed E-state index contributed by atoms with van der Waals surface area (Å²) in [5.74, 6) is -0.698. The zero-order valence-electron chi connectivity index (χ0n) is 21.1. The number of amides is 2. The van der Waals surface area contributed by atoms with Gasteiger partial charge < -0.3 is 10.2 Å². The van der Waals surface area contributed by atoms with E-state index in [2.05, 4.69) is 5.32 Å². The van der Waals surface area contributed by atoms with Gasteiger partial charge >= 0.3 is 0 Å². The van der Waals surface area contributed by atoms with Gasteiger partial charge in [-0.2, -0.15) is 0 Å². The number of carbonyl (C=O) groups is 2. The number of rotatable bonds is 11. The third-order valence-corrected chi connectivity index (χ3v) is 6.91. The van der Waals surface area contributed by atoms with Crippen LogP contribution < -0.4 is 9.62 Å². The Morgan fingerprint density at radius 1 is 1.00 bits per heavy atom. The minimum absolute atomic E-state index is 0.200. The van der Waals surface area contributed by atoms with E-state index in [1.165, 1.54) is 4.90 Å². The number of unbranched alkanes of at least 4 members (excludes halogenated alkanes) is 1. The Balaban J connectivity index is 2.38. The average molecular weight is 488 g/mol. The molecule has 8 heteroatoms. The SMILES string of the molecule is CCCCNC(=O)C(C)N(Cc1ccc(C)cc1)C(=O)CN(c1cc(C)ccc1C)S(C)(=O)=O. The molecule has 2 amide bonds. The molecule has 34 heavy (non-hydrogen) atoms. The topological polar surface area (TPSA) is 86.8 Å². The quantitative estimate of drug-likeness (QED) is 0.490. The molecular weight excluding hydrogens is 450 g/mol. The van der Waals surface area contributed by atoms with Crippen LogP contribution in [0.5, 0.6) is 0 Å². The fourth-order valence-corrected chi connectivity index (χ4v) is 4.49. The fraction of sp³-hybridized carbons (Fsp3) is 0.462. The van der Waals surface area contributed by atoms with Crippen LogP contribution in [0.1, 0.15) is 48.9 Å². The van der Waals surface area contributed by atoms with Crippen LogP contribution in [0.3, 0.4) is 0 Å². The first-order valence-corrected chi connectivity index (χ1v) is 13.5. The highest BCUT2D eigenvalue weighted by atomic mass is 32.2. The standard InChI is InChI=1S/C26H37N3O4S/c1-7-8-15-27-26(31)22(5)28(17-23-13-10-19(2)11-14-23)25(30)18-29(34(6,32)33)24-16-20(3)9-12-21(24)4/h9-14,16,22H,7-8,15,17-18H2,1-6H3,(H,27,31). The normalized spacial score (nSPS) is 12.2. The van der Waals surface area contributed by atoms with Gasteiger partial charge in [-0.15, -0.1) is 0 Å². The van der Waals surface area contributed by atoms with Crippen molar-refractivity contribution in [3.8, 4) is 0 Å². The monoisotopic (exact) mass is 487 g/mol. The Hall–Kier alpha value is -2.87. The maximum Gasteiger partial charge on any atom is 0.244 e. The number of anilines is 1. The summed E-state index contributed by atoms with van der Waals surface area (Å²) in [6.07, 6.45) is 2.88. The molecule has 0 aliphatic carbocycles. The molecule has 2 rings (SSSR count). The lowest BCUT2D eigenvalue weighted by molar-refractivity contribution is -0.139. The van der Waals surface area contributed by atoms with Crippen molar-refractivity contribution in [2.45, 2.75) is 60.0 Å². The van der Waals surface area contributed by atoms with Crippen LogP contribution in [0.2, 0.25) is 0 Å². The lowest BCUT2D eigenvalue weighted by Gasteiger charge is -2.32. The van der Waals surface area contributed by atoms with Gasteiger partial charge in [-0.3, -0.25) is 13.9 Å². The molecule has 1 unspecified atom stereocenters. The molecule has 0 aliphatic rings. The van der Waals surface area contributed by atoms with E-state index in [1.807, 2.05) is 64.1 Å². The molecule has 0 saturated heterocycles. The highest BCUT2D eigenvalue weighted by Crippen LogP contribution is 2.24. The number of nitrogens with zero attached hydrogens (tertiary/aromatic N) is 2. The summed E-state index contributed by atoms with van der Waals surface area (Å²) in [5.41, 5.74) is 4.06. The first kappa shape index (κ1) is 27.4. The minimum atomic E-state index is -3.74. The predicted octanol–water partition coefficient (Wildman–Crippen LogP) is 3.71. The maximum atomic E-state index is 13.6. The first-order valence-electron chi connectivity index (χ1n) is 11.6. The minimum Gasteiger partial charge on any atom is -0.354 e. The molecule has 2 aromatic rings. The summed E-state index contributed by atoms with van der Waals surface area (Å²) >= 11 is 0. The van der Waals surface area contributed by atoms with Gasteiger partial charge in [0.15, 0.2) is 0 Å². The Labute approximate surface area is 204 Å². The van der Waals surface area contributed by atoms with Crippen molar-refractivity contribution in [3.05, 3.63) is 64.7 Å². The van der Waals surface area contributed by atoms with Crippen molar-refractivity contribution < 1.29 is 18.0 Å². The molecule has 0 aromatic heterocycles. The second-order valence-corrected chi connectivity index (χ2v) is 10.8. The number of aryl methyl sites for hydroxylation is 3. The average Bonchev–Trinajstić information content (AvgIpc) is 2.77. The zero-order chi connectivity index (χ0) is 25.5. The number of benzene rings is 2. The molecule has 186 valence electrons. The van der Waals surface area contributed by atoms with Crippen LogP contribution in [-0.2, 0) is 26.2 Å². The largest absolute Gasteiger partial charge is 0.354 e. The molecule has 0 bridgehead atoms. The van der Waals surface area contributed by atoms with Crippen molar-refractivity contribution in [2.24, 2.45) is 0 Å². The number of hydrogen-bond donors (Lipinski definition) is 1. The van der Waals surface area contributed by atoms with Crippen molar-refractivity contribution in [1.29, 1.82) is 0 Å². The lowest BCUT2D eigenvalue weighted by atomic mass is 10.1. The molecule has 0 fully saturated rings. The Bertz CT molecular complexity index is 1100. The van der Waals surface area contributed by atoms with Gasteiger partial charge in [-0.25, -0.2) is 8.42 Å². The zero-order valence-corrected chi connectivity index (χ0v) is 21.9. The van der Waals surface area contributed by atoms with E-state index in [0.717, 1.165) is 45.7 Å². The summed E-state index contributed by atoms with van der Waals surface area (Å²) in [7, 11) is -3.74. The van der Waals surface area contributed by atoms with E-state index in [9.17, 15) is 18.0 Å². The van der Waals surface area contributed by atoms with Gasteiger partial charge in [0.25, 0.3) is 0 Å². The third-order valence-electron chi connectivity index (χ3n) is 5.78. The molecule has 0 aliphatic heterocycles. The highest BCUT2D eigenvalue weighted by Gasteiger charge is 2.30. The van der Waals surface area contributed by atoms with Crippen LogP contribution in [0.15, 0.2) is 42.5 Å². The highest BCUT2D eigenvalue weighted by molar-refractivity contribution is 7.92. The summed E-state index contributed by atoms with van der Waals surface area (Å²) in [4.78, 5) is 27.8. The van der Waals surface area contributed by atoms with Crippen LogP contribution in [0.4, 0.5) is 5.69 Å². The van der Waals surface area contributed by atoms with Gasteiger partial charge in [0.05, 0.1) is 11.9 Å². The van der Waals surface area contributed by atoms with Gasteiger partial charge in [0.2, 0.25) is 21.8 Å². The molecule has 1 atom stereocenters. The molecule has 7 nitrogen and oxygen atoms in total. The van der Waals surface area contributed by atoms with Crippen LogP contribution in [-0.4, -0.2) is 50.5 Å². The van der Waals surface area contributed by atoms with Crippen LogP contribution >= 0.6 is 0 Å². The van der Waals surface area contributed by atoms with Crippen molar-refractivity contribution in [1.82, 2.24) is 10.2 Å². The number of sulfonamides is 1. The maximum absolute atomic E-state index is 13.6.